The van der Waals surface area contributed by atoms with Gasteiger partial charge in [0.25, 0.3) is 0 Å². The van der Waals surface area contributed by atoms with Crippen LogP contribution in [0.1, 0.15) is 44.6 Å². The SMILES string of the molecule is CCCCCCCOCc1cccc(-c2cscn2)c1F. The molecule has 0 aliphatic heterocycles. The van der Waals surface area contributed by atoms with Gasteiger partial charge in [-0.2, -0.15) is 0 Å². The molecule has 1 heterocycles. The van der Waals surface area contributed by atoms with Crippen LogP contribution in [0.5, 0.6) is 0 Å². The molecule has 2 rings (SSSR count). The van der Waals surface area contributed by atoms with Gasteiger partial charge in [0, 0.05) is 23.1 Å². The zero-order valence-electron chi connectivity index (χ0n) is 12.5. The van der Waals surface area contributed by atoms with E-state index in [1.165, 1.54) is 37.0 Å². The molecule has 2 nitrogen and oxygen atoms in total. The van der Waals surface area contributed by atoms with Crippen molar-refractivity contribution in [3.8, 4) is 11.3 Å². The largest absolute Gasteiger partial charge is 0.377 e. The molecule has 0 atom stereocenters. The lowest BCUT2D eigenvalue weighted by atomic mass is 10.1. The van der Waals surface area contributed by atoms with Gasteiger partial charge in [-0.1, -0.05) is 44.7 Å². The molecule has 0 N–H and O–H groups in total. The molecule has 0 spiro atoms. The minimum Gasteiger partial charge on any atom is -0.377 e. The monoisotopic (exact) mass is 307 g/mol. The van der Waals surface area contributed by atoms with E-state index in [4.69, 9.17) is 4.74 Å². The average Bonchev–Trinajstić information content (AvgIpc) is 3.02. The third kappa shape index (κ3) is 4.90. The molecule has 114 valence electrons. The van der Waals surface area contributed by atoms with Crippen LogP contribution >= 0.6 is 11.3 Å². The summed E-state index contributed by atoms with van der Waals surface area (Å²) in [5.41, 5.74) is 3.57. The normalized spacial score (nSPS) is 11.0. The van der Waals surface area contributed by atoms with E-state index in [9.17, 15) is 4.39 Å². The molecule has 4 heteroatoms. The molecule has 21 heavy (non-hydrogen) atoms. The summed E-state index contributed by atoms with van der Waals surface area (Å²) in [5.74, 6) is -0.214. The van der Waals surface area contributed by atoms with E-state index >= 15 is 0 Å². The highest BCUT2D eigenvalue weighted by Crippen LogP contribution is 2.25. The minimum absolute atomic E-state index is 0.214. The molecule has 1 aromatic carbocycles. The maximum Gasteiger partial charge on any atom is 0.138 e. The third-order valence-corrected chi connectivity index (χ3v) is 4.02. The number of hydrogen-bond donors (Lipinski definition) is 0. The molecule has 0 radical (unpaired) electrons. The van der Waals surface area contributed by atoms with Gasteiger partial charge in [0.1, 0.15) is 5.82 Å². The lowest BCUT2D eigenvalue weighted by molar-refractivity contribution is 0.114. The molecule has 0 saturated carbocycles. The summed E-state index contributed by atoms with van der Waals surface area (Å²) in [6, 6.07) is 5.40. The van der Waals surface area contributed by atoms with Crippen molar-refractivity contribution in [2.75, 3.05) is 6.61 Å². The van der Waals surface area contributed by atoms with Crippen molar-refractivity contribution >= 4 is 11.3 Å². The lowest BCUT2D eigenvalue weighted by Gasteiger charge is -2.08. The fourth-order valence-electron chi connectivity index (χ4n) is 2.22. The zero-order valence-corrected chi connectivity index (χ0v) is 13.3. The van der Waals surface area contributed by atoms with Gasteiger partial charge < -0.3 is 4.74 Å². The Hall–Kier alpha value is -1.26. The molecular formula is C17H22FNOS. The van der Waals surface area contributed by atoms with Crippen molar-refractivity contribution in [3.05, 3.63) is 40.5 Å². The molecule has 1 aromatic heterocycles. The maximum atomic E-state index is 14.4. The summed E-state index contributed by atoms with van der Waals surface area (Å²) in [4.78, 5) is 4.16. The number of nitrogens with zero attached hydrogens (tertiary/aromatic N) is 1. The van der Waals surface area contributed by atoms with E-state index in [0.717, 1.165) is 6.42 Å². The second-order valence-corrected chi connectivity index (χ2v) is 5.84. The number of hydrogen-bond acceptors (Lipinski definition) is 3. The zero-order chi connectivity index (χ0) is 14.9. The van der Waals surface area contributed by atoms with Crippen molar-refractivity contribution < 1.29 is 9.13 Å². The number of ether oxygens (including phenoxy) is 1. The summed E-state index contributed by atoms with van der Waals surface area (Å²) >= 11 is 1.47. The summed E-state index contributed by atoms with van der Waals surface area (Å²) in [6.45, 7) is 3.23. The van der Waals surface area contributed by atoms with Crippen LogP contribution in [-0.2, 0) is 11.3 Å². The van der Waals surface area contributed by atoms with Crippen LogP contribution in [0.25, 0.3) is 11.3 Å². The van der Waals surface area contributed by atoms with E-state index in [1.54, 1.807) is 17.6 Å². The van der Waals surface area contributed by atoms with Gasteiger partial charge in [-0.15, -0.1) is 11.3 Å². The second-order valence-electron chi connectivity index (χ2n) is 5.12. The number of rotatable bonds is 9. The highest BCUT2D eigenvalue weighted by Gasteiger charge is 2.11. The van der Waals surface area contributed by atoms with E-state index < -0.39 is 0 Å². The first-order valence-electron chi connectivity index (χ1n) is 7.56. The summed E-state index contributed by atoms with van der Waals surface area (Å²) in [5, 5.41) is 1.86. The molecule has 0 aliphatic rings. The minimum atomic E-state index is -0.214. The van der Waals surface area contributed by atoms with Crippen LogP contribution in [-0.4, -0.2) is 11.6 Å². The quantitative estimate of drug-likeness (QED) is 0.576. The second kappa shape index (κ2) is 8.90. The summed E-state index contributed by atoms with van der Waals surface area (Å²) < 4.78 is 20.0. The Morgan fingerprint density at radius 3 is 2.81 bits per heavy atom. The van der Waals surface area contributed by atoms with Crippen LogP contribution in [0.2, 0.25) is 0 Å². The molecule has 0 amide bonds. The Balaban J connectivity index is 1.83. The Bertz CT molecular complexity index is 528. The summed E-state index contributed by atoms with van der Waals surface area (Å²) in [7, 11) is 0. The summed E-state index contributed by atoms with van der Waals surface area (Å²) in [6.07, 6.45) is 6.02. The van der Waals surface area contributed by atoms with Crippen LogP contribution < -0.4 is 0 Å². The highest BCUT2D eigenvalue weighted by molar-refractivity contribution is 7.07. The smallest absolute Gasteiger partial charge is 0.138 e. The van der Waals surface area contributed by atoms with Crippen molar-refractivity contribution in [2.45, 2.75) is 45.6 Å². The van der Waals surface area contributed by atoms with Gasteiger partial charge in [0.05, 0.1) is 17.8 Å². The average molecular weight is 307 g/mol. The Kier molecular flexibility index (Phi) is 6.83. The molecule has 0 unspecified atom stereocenters. The fraction of sp³-hybridized carbons (Fsp3) is 0.471. The van der Waals surface area contributed by atoms with E-state index in [0.29, 0.717) is 30.0 Å². The third-order valence-electron chi connectivity index (χ3n) is 3.44. The first kappa shape index (κ1) is 16.1. The van der Waals surface area contributed by atoms with Gasteiger partial charge in [-0.25, -0.2) is 9.37 Å². The van der Waals surface area contributed by atoms with E-state index in [1.807, 2.05) is 11.4 Å². The van der Waals surface area contributed by atoms with Crippen LogP contribution in [0.4, 0.5) is 4.39 Å². The first-order chi connectivity index (χ1) is 10.3. The van der Waals surface area contributed by atoms with Gasteiger partial charge in [-0.3, -0.25) is 0 Å². The Morgan fingerprint density at radius 2 is 2.05 bits per heavy atom. The number of unbranched alkanes of at least 4 members (excludes halogenated alkanes) is 4. The first-order valence-corrected chi connectivity index (χ1v) is 8.51. The Labute approximate surface area is 130 Å². The van der Waals surface area contributed by atoms with Crippen LogP contribution in [0.15, 0.2) is 29.1 Å². The number of thiazole rings is 1. The van der Waals surface area contributed by atoms with Gasteiger partial charge >= 0.3 is 0 Å². The molecular weight excluding hydrogens is 285 g/mol. The predicted octanol–water partition coefficient (Wildman–Crippen LogP) is 5.44. The molecule has 2 aromatic rings. The fourth-order valence-corrected chi connectivity index (χ4v) is 2.78. The predicted molar refractivity (Wildman–Crippen MR) is 85.9 cm³/mol. The number of aromatic nitrogens is 1. The van der Waals surface area contributed by atoms with Gasteiger partial charge in [0.15, 0.2) is 0 Å². The van der Waals surface area contributed by atoms with E-state index in [2.05, 4.69) is 11.9 Å². The molecule has 0 bridgehead atoms. The van der Waals surface area contributed by atoms with Crippen LogP contribution in [0.3, 0.4) is 0 Å². The van der Waals surface area contributed by atoms with Crippen molar-refractivity contribution in [1.82, 2.24) is 4.98 Å². The molecule has 0 fully saturated rings. The van der Waals surface area contributed by atoms with Gasteiger partial charge in [-0.05, 0) is 12.5 Å². The Morgan fingerprint density at radius 1 is 1.19 bits per heavy atom. The van der Waals surface area contributed by atoms with Crippen molar-refractivity contribution in [1.29, 1.82) is 0 Å². The lowest BCUT2D eigenvalue weighted by Crippen LogP contribution is -1.99. The topological polar surface area (TPSA) is 22.1 Å². The standard InChI is InChI=1S/C17H22FNOS/c1-2-3-4-5-6-10-20-11-14-8-7-9-15(17(14)18)16-12-21-13-19-16/h7-9,12-13H,2-6,10-11H2,1H3. The maximum absolute atomic E-state index is 14.4. The highest BCUT2D eigenvalue weighted by atomic mass is 32.1. The van der Waals surface area contributed by atoms with Gasteiger partial charge in [0.2, 0.25) is 0 Å². The van der Waals surface area contributed by atoms with Crippen LogP contribution in [0, 0.1) is 5.82 Å². The van der Waals surface area contributed by atoms with E-state index in [-0.39, 0.29) is 5.82 Å². The molecule has 0 saturated heterocycles. The number of benzene rings is 1. The molecule has 0 aliphatic carbocycles. The van der Waals surface area contributed by atoms with Crippen molar-refractivity contribution in [3.63, 3.8) is 0 Å². The number of halogens is 1. The van der Waals surface area contributed by atoms with Crippen molar-refractivity contribution in [2.24, 2.45) is 0 Å².